The maximum Gasteiger partial charge on any atom is 0.269 e. The fourth-order valence-electron chi connectivity index (χ4n) is 1.60. The Morgan fingerprint density at radius 1 is 1.37 bits per heavy atom. The van der Waals surface area contributed by atoms with E-state index in [4.69, 9.17) is 0 Å². The van der Waals surface area contributed by atoms with E-state index in [-0.39, 0.29) is 23.5 Å². The summed E-state index contributed by atoms with van der Waals surface area (Å²) >= 11 is 1.05. The van der Waals surface area contributed by atoms with E-state index in [1.54, 1.807) is 6.92 Å². The van der Waals surface area contributed by atoms with Gasteiger partial charge in [0.15, 0.2) is 5.78 Å². The molecule has 0 spiro atoms. The molecule has 0 saturated heterocycles. The van der Waals surface area contributed by atoms with Crippen molar-refractivity contribution in [3.8, 4) is 5.69 Å². The average molecular weight is 275 g/mol. The van der Waals surface area contributed by atoms with Gasteiger partial charge in [-0.25, -0.2) is 0 Å². The lowest BCUT2D eigenvalue weighted by atomic mass is 10.1. The maximum atomic E-state index is 11.8. The molecule has 19 heavy (non-hydrogen) atoms. The zero-order valence-electron chi connectivity index (χ0n) is 10.7. The molecule has 0 N–H and O–H groups in total. The van der Waals surface area contributed by atoms with Gasteiger partial charge in [0.25, 0.3) is 5.69 Å². The number of para-hydroxylation sites is 1. The molecule has 98 valence electrons. The molecule has 0 fully saturated rings. The minimum Gasteiger partial charge on any atom is -0.875 e. The highest BCUT2D eigenvalue weighted by atomic mass is 32.1. The number of hydrogen-bond donors (Lipinski definition) is 0. The number of rotatable bonds is 4. The van der Waals surface area contributed by atoms with Crippen LogP contribution in [-0.2, 0) is 4.79 Å². The van der Waals surface area contributed by atoms with Gasteiger partial charge in [-0.1, -0.05) is 25.1 Å². The molecule has 1 heterocycles. The Kier molecular flexibility index (Phi) is 4.01. The van der Waals surface area contributed by atoms with Gasteiger partial charge in [-0.15, -0.1) is 5.76 Å². The Bertz CT molecular complexity index is 620. The Hall–Kier alpha value is -2.08. The van der Waals surface area contributed by atoms with Crippen molar-refractivity contribution >= 4 is 22.9 Å². The largest absolute Gasteiger partial charge is 0.875 e. The van der Waals surface area contributed by atoms with Crippen LogP contribution >= 0.6 is 11.5 Å². The molecule has 2 aromatic rings. The van der Waals surface area contributed by atoms with E-state index < -0.39 is 0 Å². The third-order valence-corrected chi connectivity index (χ3v) is 3.24. The van der Waals surface area contributed by atoms with E-state index in [0.29, 0.717) is 5.01 Å². The number of allylic oxidation sites excluding steroid dienone is 2. The summed E-state index contributed by atoms with van der Waals surface area (Å²) < 4.78 is 4.13. The standard InChI is InChI=1S/C13H13N3O2S/c1-3-11(18)12(9(2)17)13-14-16(15-19-13)10-7-5-4-6-8-10/h4-8H,3H2,1-2H3. The fraction of sp³-hybridized carbons (Fsp3) is 0.231. The number of hydrogen-bond acceptors (Lipinski definition) is 5. The Balaban J connectivity index is 2.44. The number of Topliss-reactive ketones (excluding diaryl/α,β-unsaturated/α-hetero) is 1. The van der Waals surface area contributed by atoms with Crippen molar-refractivity contribution in [2.75, 3.05) is 0 Å². The van der Waals surface area contributed by atoms with Gasteiger partial charge >= 0.3 is 0 Å². The summed E-state index contributed by atoms with van der Waals surface area (Å²) in [6.07, 6.45) is 0.278. The van der Waals surface area contributed by atoms with Crippen molar-refractivity contribution in [1.82, 2.24) is 9.59 Å². The van der Waals surface area contributed by atoms with Gasteiger partial charge in [0.2, 0.25) is 5.01 Å². The van der Waals surface area contributed by atoms with Gasteiger partial charge in [0.05, 0.1) is 20.8 Å². The number of carbonyl (C=O) groups is 1. The average Bonchev–Trinajstić information content (AvgIpc) is 2.88. The van der Waals surface area contributed by atoms with Crippen LogP contribution in [0.15, 0.2) is 36.1 Å². The van der Waals surface area contributed by atoms with Gasteiger partial charge in [0.1, 0.15) is 0 Å². The van der Waals surface area contributed by atoms with E-state index in [2.05, 4.69) is 9.59 Å². The second-order valence-corrected chi connectivity index (χ2v) is 4.64. The van der Waals surface area contributed by atoms with Crippen LogP contribution < -0.4 is 9.90 Å². The maximum absolute atomic E-state index is 11.8. The highest BCUT2D eigenvalue weighted by Gasteiger charge is 2.20. The minimum absolute atomic E-state index is 0.134. The quantitative estimate of drug-likeness (QED) is 0.472. The van der Waals surface area contributed by atoms with Crippen LogP contribution in [0.3, 0.4) is 0 Å². The molecule has 6 heteroatoms. The van der Waals surface area contributed by atoms with Crippen molar-refractivity contribution in [2.24, 2.45) is 0 Å². The predicted octanol–water partition coefficient (Wildman–Crippen LogP) is 0.885. The predicted molar refractivity (Wildman–Crippen MR) is 69.3 cm³/mol. The van der Waals surface area contributed by atoms with Crippen molar-refractivity contribution in [1.29, 1.82) is 0 Å². The van der Waals surface area contributed by atoms with Crippen molar-refractivity contribution in [2.45, 2.75) is 20.3 Å². The molecule has 0 radical (unpaired) electrons. The second-order valence-electron chi connectivity index (χ2n) is 3.91. The number of ketones is 1. The molecular formula is C13H13N3O2S. The van der Waals surface area contributed by atoms with Crippen molar-refractivity contribution in [3.05, 3.63) is 41.1 Å². The van der Waals surface area contributed by atoms with Gasteiger partial charge < -0.3 is 5.11 Å². The number of carbonyl (C=O) groups excluding carboxylic acids is 1. The van der Waals surface area contributed by atoms with Gasteiger partial charge in [-0.2, -0.15) is 0 Å². The van der Waals surface area contributed by atoms with E-state index in [1.165, 1.54) is 11.7 Å². The lowest BCUT2D eigenvalue weighted by Gasteiger charge is -2.11. The Morgan fingerprint density at radius 2 is 2.05 bits per heavy atom. The summed E-state index contributed by atoms with van der Waals surface area (Å²) in [7, 11) is 0. The molecule has 0 aliphatic rings. The molecule has 0 saturated carbocycles. The molecule has 0 bridgehead atoms. The van der Waals surface area contributed by atoms with Gasteiger partial charge in [0, 0.05) is 22.8 Å². The molecule has 1 aromatic heterocycles. The summed E-state index contributed by atoms with van der Waals surface area (Å²) in [6.45, 7) is 3.09. The van der Waals surface area contributed by atoms with E-state index >= 15 is 0 Å². The van der Waals surface area contributed by atoms with Crippen LogP contribution in [0.25, 0.3) is 11.3 Å². The third-order valence-electron chi connectivity index (χ3n) is 2.54. The van der Waals surface area contributed by atoms with Gasteiger partial charge in [-0.3, -0.25) is 4.79 Å². The van der Waals surface area contributed by atoms with E-state index in [0.717, 1.165) is 17.2 Å². The fourth-order valence-corrected chi connectivity index (χ4v) is 2.35. The lowest BCUT2D eigenvalue weighted by molar-refractivity contribution is -0.710. The molecule has 2 rings (SSSR count). The molecule has 0 aliphatic carbocycles. The SMILES string of the molecule is CC/C([O-])=C(/C(C)=O)c1n[n+](-c2ccccc2)ns1. The molecule has 1 aromatic carbocycles. The van der Waals surface area contributed by atoms with E-state index in [1.807, 2.05) is 30.3 Å². The lowest BCUT2D eigenvalue weighted by Crippen LogP contribution is -2.35. The van der Waals surface area contributed by atoms with Crippen LogP contribution in [0.1, 0.15) is 25.3 Å². The summed E-state index contributed by atoms with van der Waals surface area (Å²) in [4.78, 5) is 13.0. The van der Waals surface area contributed by atoms with E-state index in [9.17, 15) is 9.90 Å². The molecule has 5 nitrogen and oxygen atoms in total. The zero-order valence-corrected chi connectivity index (χ0v) is 11.5. The van der Waals surface area contributed by atoms with Crippen LogP contribution in [0, 0.1) is 0 Å². The first-order valence-corrected chi connectivity index (χ1v) is 6.64. The van der Waals surface area contributed by atoms with Crippen LogP contribution in [0.4, 0.5) is 0 Å². The number of nitrogens with zero attached hydrogens (tertiary/aromatic N) is 3. The third kappa shape index (κ3) is 2.85. The highest BCUT2D eigenvalue weighted by Crippen LogP contribution is 2.18. The van der Waals surface area contributed by atoms with Crippen molar-refractivity contribution < 1.29 is 14.7 Å². The first-order chi connectivity index (χ1) is 9.13. The Labute approximate surface area is 115 Å². The Morgan fingerprint density at radius 3 is 2.63 bits per heavy atom. The molecular weight excluding hydrogens is 262 g/mol. The zero-order chi connectivity index (χ0) is 13.8. The topological polar surface area (TPSA) is 69.8 Å². The molecule has 0 atom stereocenters. The van der Waals surface area contributed by atoms with Crippen molar-refractivity contribution in [3.63, 3.8) is 0 Å². The monoisotopic (exact) mass is 275 g/mol. The highest BCUT2D eigenvalue weighted by molar-refractivity contribution is 7.06. The number of aromatic nitrogens is 3. The normalized spacial score (nSPS) is 12.1. The van der Waals surface area contributed by atoms with Crippen LogP contribution in [0.2, 0.25) is 0 Å². The summed E-state index contributed by atoms with van der Waals surface area (Å²) in [6, 6.07) is 9.34. The summed E-state index contributed by atoms with van der Waals surface area (Å²) in [5.41, 5.74) is 0.923. The summed E-state index contributed by atoms with van der Waals surface area (Å²) in [5, 5.41) is 16.4. The van der Waals surface area contributed by atoms with Crippen LogP contribution in [0.5, 0.6) is 0 Å². The minimum atomic E-state index is -0.275. The molecule has 0 aliphatic heterocycles. The first kappa shape index (κ1) is 13.4. The smallest absolute Gasteiger partial charge is 0.269 e. The first-order valence-electron chi connectivity index (χ1n) is 5.86. The van der Waals surface area contributed by atoms with Crippen LogP contribution in [-0.4, -0.2) is 15.4 Å². The second kappa shape index (κ2) is 5.71. The van der Waals surface area contributed by atoms with Gasteiger partial charge in [-0.05, 0) is 13.3 Å². The molecule has 0 unspecified atom stereocenters. The molecule has 0 amide bonds. The number of benzene rings is 1. The summed E-state index contributed by atoms with van der Waals surface area (Å²) in [5.74, 6) is -0.480.